The van der Waals surface area contributed by atoms with Gasteiger partial charge < -0.3 is 15.8 Å². The predicted octanol–water partition coefficient (Wildman–Crippen LogP) is 2.61. The molecule has 0 spiro atoms. The molecule has 0 aliphatic heterocycles. The number of amides is 1. The number of hydrogen-bond acceptors (Lipinski definition) is 4. The minimum Gasteiger partial charge on any atom is -0.493 e. The number of aromatic amines is 1. The zero-order valence-electron chi connectivity index (χ0n) is 13.7. The van der Waals surface area contributed by atoms with E-state index in [0.717, 1.165) is 38.0 Å². The van der Waals surface area contributed by atoms with E-state index in [-0.39, 0.29) is 5.91 Å². The van der Waals surface area contributed by atoms with Gasteiger partial charge in [-0.25, -0.2) is 0 Å². The second kappa shape index (κ2) is 7.86. The highest BCUT2D eigenvalue weighted by atomic mass is 16.5. The van der Waals surface area contributed by atoms with Crippen molar-refractivity contribution in [1.29, 1.82) is 0 Å². The molecule has 0 radical (unpaired) electrons. The van der Waals surface area contributed by atoms with Crippen LogP contribution in [-0.4, -0.2) is 29.3 Å². The van der Waals surface area contributed by atoms with Gasteiger partial charge in [0.05, 0.1) is 12.8 Å². The van der Waals surface area contributed by atoms with Gasteiger partial charge in [0.25, 0.3) is 5.91 Å². The number of para-hydroxylation sites is 1. The number of nitrogen functional groups attached to an aromatic ring is 1. The summed E-state index contributed by atoms with van der Waals surface area (Å²) in [6, 6.07) is 9.94. The Bertz CT molecular complexity index is 648. The fourth-order valence-electron chi connectivity index (χ4n) is 3.14. The van der Waals surface area contributed by atoms with E-state index in [1.165, 1.54) is 6.20 Å². The average Bonchev–Trinajstić information content (AvgIpc) is 3.06. The number of nitrogens with two attached hydrogens (primary N) is 1. The Hall–Kier alpha value is -2.50. The van der Waals surface area contributed by atoms with E-state index >= 15 is 0 Å². The van der Waals surface area contributed by atoms with Gasteiger partial charge in [-0.1, -0.05) is 18.2 Å². The Balaban J connectivity index is 1.36. The lowest BCUT2D eigenvalue weighted by atomic mass is 9.82. The smallest absolute Gasteiger partial charge is 0.256 e. The largest absolute Gasteiger partial charge is 0.493 e. The van der Waals surface area contributed by atoms with Crippen molar-refractivity contribution in [3.8, 4) is 5.75 Å². The van der Waals surface area contributed by atoms with Gasteiger partial charge in [-0.05, 0) is 49.7 Å². The van der Waals surface area contributed by atoms with Gasteiger partial charge in [0.15, 0.2) is 0 Å². The molecule has 0 atom stereocenters. The van der Waals surface area contributed by atoms with Crippen LogP contribution in [0.3, 0.4) is 0 Å². The molecule has 1 aromatic heterocycles. The molecule has 1 fully saturated rings. The molecule has 2 aromatic rings. The van der Waals surface area contributed by atoms with E-state index < -0.39 is 0 Å². The van der Waals surface area contributed by atoms with Crippen LogP contribution < -0.4 is 15.8 Å². The Morgan fingerprint density at radius 3 is 2.58 bits per heavy atom. The Morgan fingerprint density at radius 1 is 1.21 bits per heavy atom. The molecule has 1 aromatic carbocycles. The van der Waals surface area contributed by atoms with Crippen LogP contribution in [0.2, 0.25) is 0 Å². The fourth-order valence-corrected chi connectivity index (χ4v) is 3.14. The average molecular weight is 328 g/mol. The number of H-pyrrole nitrogens is 1. The molecular weight excluding hydrogens is 304 g/mol. The zero-order chi connectivity index (χ0) is 16.8. The summed E-state index contributed by atoms with van der Waals surface area (Å²) in [6.07, 6.45) is 5.97. The van der Waals surface area contributed by atoms with Crippen LogP contribution in [0.1, 0.15) is 36.0 Å². The number of benzene rings is 1. The molecule has 1 heterocycles. The summed E-state index contributed by atoms with van der Waals surface area (Å²) in [6.45, 7) is 1.46. The third kappa shape index (κ3) is 4.28. The van der Waals surface area contributed by atoms with Crippen molar-refractivity contribution in [2.45, 2.75) is 25.7 Å². The molecular formula is C18H24N4O2. The normalized spacial score (nSPS) is 20.5. The van der Waals surface area contributed by atoms with E-state index in [2.05, 4.69) is 15.5 Å². The van der Waals surface area contributed by atoms with Crippen molar-refractivity contribution in [2.75, 3.05) is 18.9 Å². The maximum absolute atomic E-state index is 12.0. The summed E-state index contributed by atoms with van der Waals surface area (Å²) in [5, 5.41) is 9.30. The molecule has 128 valence electrons. The molecule has 24 heavy (non-hydrogen) atoms. The lowest BCUT2D eigenvalue weighted by Crippen LogP contribution is -2.32. The summed E-state index contributed by atoms with van der Waals surface area (Å²) in [5.74, 6) is 2.21. The first-order valence-corrected chi connectivity index (χ1v) is 8.47. The predicted molar refractivity (Wildman–Crippen MR) is 92.7 cm³/mol. The van der Waals surface area contributed by atoms with E-state index in [1.54, 1.807) is 0 Å². The minimum atomic E-state index is -0.157. The first-order chi connectivity index (χ1) is 11.7. The maximum Gasteiger partial charge on any atom is 0.256 e. The van der Waals surface area contributed by atoms with E-state index in [4.69, 9.17) is 10.5 Å². The van der Waals surface area contributed by atoms with Crippen LogP contribution in [0.4, 0.5) is 5.82 Å². The van der Waals surface area contributed by atoms with Crippen LogP contribution in [0.15, 0.2) is 36.5 Å². The Morgan fingerprint density at radius 2 is 1.92 bits per heavy atom. The molecule has 4 N–H and O–H groups in total. The van der Waals surface area contributed by atoms with Gasteiger partial charge in [-0.3, -0.25) is 9.89 Å². The van der Waals surface area contributed by atoms with E-state index in [1.807, 2.05) is 30.3 Å². The van der Waals surface area contributed by atoms with Gasteiger partial charge in [0.2, 0.25) is 0 Å². The summed E-state index contributed by atoms with van der Waals surface area (Å²) < 4.78 is 5.85. The minimum absolute atomic E-state index is 0.157. The van der Waals surface area contributed by atoms with Crippen molar-refractivity contribution in [3.63, 3.8) is 0 Å². The first kappa shape index (κ1) is 16.4. The van der Waals surface area contributed by atoms with Crippen LogP contribution in [-0.2, 0) is 0 Å². The van der Waals surface area contributed by atoms with Crippen molar-refractivity contribution in [3.05, 3.63) is 42.1 Å². The lowest BCUT2D eigenvalue weighted by Gasteiger charge is -2.28. The van der Waals surface area contributed by atoms with Gasteiger partial charge in [-0.2, -0.15) is 5.10 Å². The van der Waals surface area contributed by atoms with Gasteiger partial charge in [0, 0.05) is 6.54 Å². The number of carbonyl (C=O) groups excluding carboxylic acids is 1. The van der Waals surface area contributed by atoms with Gasteiger partial charge in [-0.15, -0.1) is 0 Å². The number of anilines is 1. The topological polar surface area (TPSA) is 93.0 Å². The summed E-state index contributed by atoms with van der Waals surface area (Å²) >= 11 is 0. The molecule has 0 unspecified atom stereocenters. The summed E-state index contributed by atoms with van der Waals surface area (Å²) in [7, 11) is 0. The number of nitrogens with zero attached hydrogens (tertiary/aromatic N) is 1. The molecule has 1 amide bonds. The standard InChI is InChI=1S/C18H24N4O2/c19-17-16(11-21-22-17)18(23)20-10-13-6-8-14(9-7-13)12-24-15-4-2-1-3-5-15/h1-5,11,13-14H,6-10,12H2,(H,20,23)(H3,19,21,22). The number of nitrogens with one attached hydrogen (secondary N) is 2. The Kier molecular flexibility index (Phi) is 5.36. The van der Waals surface area contributed by atoms with Crippen molar-refractivity contribution in [1.82, 2.24) is 15.5 Å². The fraction of sp³-hybridized carbons (Fsp3) is 0.444. The highest BCUT2D eigenvalue weighted by Gasteiger charge is 2.22. The zero-order valence-corrected chi connectivity index (χ0v) is 13.7. The number of ether oxygens (including phenoxy) is 1. The molecule has 0 saturated heterocycles. The first-order valence-electron chi connectivity index (χ1n) is 8.47. The third-order valence-electron chi connectivity index (χ3n) is 4.66. The molecule has 3 rings (SSSR count). The number of rotatable bonds is 6. The highest BCUT2D eigenvalue weighted by molar-refractivity contribution is 5.98. The van der Waals surface area contributed by atoms with Crippen LogP contribution in [0.25, 0.3) is 0 Å². The van der Waals surface area contributed by atoms with Crippen LogP contribution in [0, 0.1) is 11.8 Å². The van der Waals surface area contributed by atoms with Gasteiger partial charge in [0.1, 0.15) is 17.1 Å². The summed E-state index contributed by atoms with van der Waals surface area (Å²) in [4.78, 5) is 12.0. The quantitative estimate of drug-likeness (QED) is 0.760. The molecule has 1 saturated carbocycles. The van der Waals surface area contributed by atoms with Crippen molar-refractivity contribution < 1.29 is 9.53 Å². The molecule has 6 heteroatoms. The Labute approximate surface area is 141 Å². The lowest BCUT2D eigenvalue weighted by molar-refractivity contribution is 0.0939. The highest BCUT2D eigenvalue weighted by Crippen LogP contribution is 2.29. The number of aromatic nitrogens is 2. The summed E-state index contributed by atoms with van der Waals surface area (Å²) in [5.41, 5.74) is 6.07. The maximum atomic E-state index is 12.0. The van der Waals surface area contributed by atoms with E-state index in [0.29, 0.717) is 29.8 Å². The third-order valence-corrected chi connectivity index (χ3v) is 4.66. The van der Waals surface area contributed by atoms with Crippen LogP contribution in [0.5, 0.6) is 5.75 Å². The van der Waals surface area contributed by atoms with Crippen molar-refractivity contribution >= 4 is 11.7 Å². The second-order valence-electron chi connectivity index (χ2n) is 6.42. The second-order valence-corrected chi connectivity index (χ2v) is 6.42. The number of hydrogen-bond donors (Lipinski definition) is 3. The number of carbonyl (C=O) groups is 1. The van der Waals surface area contributed by atoms with Gasteiger partial charge >= 0.3 is 0 Å². The molecule has 1 aliphatic carbocycles. The molecule has 0 bridgehead atoms. The molecule has 6 nitrogen and oxygen atoms in total. The van der Waals surface area contributed by atoms with Crippen LogP contribution >= 0.6 is 0 Å². The van der Waals surface area contributed by atoms with Crippen molar-refractivity contribution in [2.24, 2.45) is 11.8 Å². The monoisotopic (exact) mass is 328 g/mol. The molecule has 1 aliphatic rings. The SMILES string of the molecule is Nc1[nH]ncc1C(=O)NCC1CCC(COc2ccccc2)CC1. The van der Waals surface area contributed by atoms with E-state index in [9.17, 15) is 4.79 Å².